The lowest BCUT2D eigenvalue weighted by atomic mass is 9.42. The van der Waals surface area contributed by atoms with Crippen LogP contribution in [0.3, 0.4) is 0 Å². The van der Waals surface area contributed by atoms with Crippen LogP contribution in [0, 0.1) is 6.92 Å². The molecule has 67 heavy (non-hydrogen) atoms. The molecule has 4 heteroatoms. The normalized spacial score (nSPS) is 15.7. The van der Waals surface area contributed by atoms with Crippen molar-refractivity contribution >= 4 is 58.0 Å². The van der Waals surface area contributed by atoms with E-state index >= 15 is 0 Å². The number of nitrogens with zero attached hydrogens (tertiary/aromatic N) is 2. The summed E-state index contributed by atoms with van der Waals surface area (Å²) in [4.78, 5) is 8.11. The van der Waals surface area contributed by atoms with Crippen LogP contribution in [0.1, 0.15) is 79.1 Å². The average molecular weight is 877 g/mol. The van der Waals surface area contributed by atoms with Crippen molar-refractivity contribution in [2.45, 2.75) is 67.6 Å². The van der Waals surface area contributed by atoms with Gasteiger partial charge in [-0.15, -0.1) is 0 Å². The Bertz CT molecular complexity index is 3570. The molecule has 1 spiro atoms. The van der Waals surface area contributed by atoms with E-state index in [1.54, 1.807) is 0 Å². The van der Waals surface area contributed by atoms with Gasteiger partial charge in [-0.05, 0) is 132 Å². The standard InChI is InChI=1S/C63H49BN2S/c1-38-33-45-43-23-18-28-50-60(43)66(54-29-16-14-26-48(54)63(50)46-24-12-10-21-41(46)42-22-11-13-25-47(42)63)64-52-37-58-51(62(5,6)49-27-15-17-30-57(49)67-58)36-55(52)65(56(34-38)59(45)64)53-32-31-40(61(2,3)4)35-44(53)39-19-8-7-9-20-39/h7-37H,1-6H3. The van der Waals surface area contributed by atoms with Gasteiger partial charge in [-0.25, -0.2) is 0 Å². The number of hydrogen-bond acceptors (Lipinski definition) is 3. The Hall–Kier alpha value is -7.01. The molecule has 9 aromatic rings. The van der Waals surface area contributed by atoms with Gasteiger partial charge in [-0.3, -0.25) is 0 Å². The molecule has 0 fully saturated rings. The summed E-state index contributed by atoms with van der Waals surface area (Å²) in [6.45, 7) is 14.0. The monoisotopic (exact) mass is 876 g/mol. The van der Waals surface area contributed by atoms with E-state index in [2.05, 4.69) is 239 Å². The van der Waals surface area contributed by atoms with Gasteiger partial charge < -0.3 is 9.71 Å². The average Bonchev–Trinajstić information content (AvgIpc) is 3.63. The van der Waals surface area contributed by atoms with E-state index in [0.29, 0.717) is 0 Å². The van der Waals surface area contributed by atoms with E-state index in [1.807, 2.05) is 11.8 Å². The van der Waals surface area contributed by atoms with E-state index < -0.39 is 5.41 Å². The summed E-state index contributed by atoms with van der Waals surface area (Å²) in [5.41, 5.74) is 26.7. The molecule has 14 rings (SSSR count). The predicted molar refractivity (Wildman–Crippen MR) is 283 cm³/mol. The number of aryl methyl sites for hydroxylation is 1. The molecule has 9 aromatic carbocycles. The molecule has 0 saturated carbocycles. The Balaban J connectivity index is 1.12. The van der Waals surface area contributed by atoms with Crippen molar-refractivity contribution in [3.05, 3.63) is 233 Å². The van der Waals surface area contributed by atoms with Gasteiger partial charge in [0, 0.05) is 49.1 Å². The minimum atomic E-state index is -0.488. The van der Waals surface area contributed by atoms with Crippen molar-refractivity contribution in [1.29, 1.82) is 0 Å². The second-order valence-electron chi connectivity index (χ2n) is 20.9. The van der Waals surface area contributed by atoms with Crippen molar-refractivity contribution in [2.75, 3.05) is 9.71 Å². The maximum absolute atomic E-state index is 2.77. The van der Waals surface area contributed by atoms with Crippen molar-refractivity contribution in [1.82, 2.24) is 0 Å². The van der Waals surface area contributed by atoms with Crippen LogP contribution < -0.4 is 20.6 Å². The molecule has 0 bridgehead atoms. The summed E-state index contributed by atoms with van der Waals surface area (Å²) in [6.07, 6.45) is 0. The van der Waals surface area contributed by atoms with Crippen LogP contribution in [0.15, 0.2) is 198 Å². The summed E-state index contributed by atoms with van der Waals surface area (Å²) in [6, 6.07) is 72.5. The van der Waals surface area contributed by atoms with Crippen LogP contribution in [-0.4, -0.2) is 6.85 Å². The largest absolute Gasteiger partial charge is 0.376 e. The third-order valence-corrected chi connectivity index (χ3v) is 17.0. The van der Waals surface area contributed by atoms with Crippen LogP contribution in [0.4, 0.5) is 28.4 Å². The van der Waals surface area contributed by atoms with E-state index in [1.165, 1.54) is 127 Å². The van der Waals surface area contributed by atoms with Crippen molar-refractivity contribution in [3.63, 3.8) is 0 Å². The molecule has 2 nitrogen and oxygen atoms in total. The Morgan fingerprint density at radius 2 is 1.10 bits per heavy atom. The Kier molecular flexibility index (Phi) is 7.93. The minimum absolute atomic E-state index is 0.0239. The molecule has 0 unspecified atom stereocenters. The van der Waals surface area contributed by atoms with Gasteiger partial charge in [0.2, 0.25) is 0 Å². The van der Waals surface area contributed by atoms with Gasteiger partial charge in [0.15, 0.2) is 0 Å². The highest BCUT2D eigenvalue weighted by Gasteiger charge is 2.56. The second kappa shape index (κ2) is 13.6. The lowest BCUT2D eigenvalue weighted by Gasteiger charge is -2.52. The van der Waals surface area contributed by atoms with Gasteiger partial charge in [0.05, 0.1) is 11.1 Å². The van der Waals surface area contributed by atoms with Gasteiger partial charge >= 0.3 is 6.85 Å². The molecule has 1 aliphatic carbocycles. The smallest absolute Gasteiger partial charge is 0.333 e. The van der Waals surface area contributed by atoms with Crippen LogP contribution in [0.2, 0.25) is 0 Å². The number of fused-ring (bicyclic) bond motifs is 15. The van der Waals surface area contributed by atoms with Crippen molar-refractivity contribution < 1.29 is 0 Å². The Morgan fingerprint density at radius 3 is 1.85 bits per heavy atom. The topological polar surface area (TPSA) is 6.48 Å². The molecular formula is C63H49BN2S. The molecule has 4 heterocycles. The number of hydrogen-bond donors (Lipinski definition) is 0. The first-order chi connectivity index (χ1) is 32.5. The molecule has 0 atom stereocenters. The molecule has 320 valence electrons. The third kappa shape index (κ3) is 5.09. The predicted octanol–water partition coefficient (Wildman–Crippen LogP) is 15.1. The van der Waals surface area contributed by atoms with Crippen LogP contribution in [0.25, 0.3) is 33.4 Å². The quantitative estimate of drug-likeness (QED) is 0.160. The second-order valence-corrected chi connectivity index (χ2v) is 22.0. The Morgan fingerprint density at radius 1 is 0.463 bits per heavy atom. The van der Waals surface area contributed by atoms with Crippen molar-refractivity contribution in [2.24, 2.45) is 0 Å². The fraction of sp³-hybridized carbons (Fsp3) is 0.143. The summed E-state index contributed by atoms with van der Waals surface area (Å²) < 4.78 is 0. The van der Waals surface area contributed by atoms with E-state index in [4.69, 9.17) is 0 Å². The molecular weight excluding hydrogens is 828 g/mol. The molecule has 0 aromatic heterocycles. The molecule has 0 amide bonds. The zero-order valence-electron chi connectivity index (χ0n) is 38.8. The van der Waals surface area contributed by atoms with E-state index in [-0.39, 0.29) is 17.7 Å². The summed E-state index contributed by atoms with van der Waals surface area (Å²) in [5, 5.41) is 0. The Labute approximate surface area is 399 Å². The first kappa shape index (κ1) is 39.2. The van der Waals surface area contributed by atoms with Crippen LogP contribution >= 0.6 is 11.8 Å². The fourth-order valence-electron chi connectivity index (χ4n) is 12.9. The van der Waals surface area contributed by atoms with Crippen molar-refractivity contribution in [3.8, 4) is 33.4 Å². The van der Waals surface area contributed by atoms with Gasteiger partial charge in [0.25, 0.3) is 0 Å². The summed E-state index contributed by atoms with van der Waals surface area (Å²) >= 11 is 1.94. The van der Waals surface area contributed by atoms with Crippen LogP contribution in [-0.2, 0) is 16.2 Å². The zero-order chi connectivity index (χ0) is 45.1. The maximum atomic E-state index is 2.77. The minimum Gasteiger partial charge on any atom is -0.376 e. The highest BCUT2D eigenvalue weighted by molar-refractivity contribution is 7.99. The lowest BCUT2D eigenvalue weighted by molar-refractivity contribution is 0.590. The fourth-order valence-corrected chi connectivity index (χ4v) is 14.3. The SMILES string of the molecule is Cc1cc2c3c(c1)N(c1ccc(C(C)(C)C)cc1-c1ccccc1)c1cc4c(cc1B3N1c3ccccc3C3(c5ccccc5-c5ccccc53)c3cccc-2c31)Sc1ccccc1C4(C)C. The van der Waals surface area contributed by atoms with Crippen LogP contribution in [0.5, 0.6) is 0 Å². The molecule has 4 aliphatic heterocycles. The number of rotatable bonds is 2. The molecule has 0 N–H and O–H groups in total. The third-order valence-electron chi connectivity index (χ3n) is 15.9. The molecule has 0 radical (unpaired) electrons. The number of para-hydroxylation sites is 2. The summed E-state index contributed by atoms with van der Waals surface area (Å²) in [7, 11) is 0. The first-order valence-electron chi connectivity index (χ1n) is 23.9. The highest BCUT2D eigenvalue weighted by Crippen LogP contribution is 2.65. The first-order valence-corrected chi connectivity index (χ1v) is 24.7. The van der Waals surface area contributed by atoms with E-state index in [0.717, 1.165) is 0 Å². The highest BCUT2D eigenvalue weighted by atomic mass is 32.2. The number of benzene rings is 9. The van der Waals surface area contributed by atoms with Gasteiger partial charge in [0.1, 0.15) is 0 Å². The maximum Gasteiger partial charge on any atom is 0.333 e. The molecule has 0 saturated heterocycles. The van der Waals surface area contributed by atoms with Gasteiger partial charge in [-0.2, -0.15) is 0 Å². The van der Waals surface area contributed by atoms with Gasteiger partial charge in [-0.1, -0.05) is 192 Å². The number of anilines is 5. The lowest BCUT2D eigenvalue weighted by Crippen LogP contribution is -2.63. The summed E-state index contributed by atoms with van der Waals surface area (Å²) in [5.74, 6) is 0. The molecule has 5 aliphatic rings. The zero-order valence-corrected chi connectivity index (χ0v) is 39.6. The van der Waals surface area contributed by atoms with E-state index in [9.17, 15) is 0 Å².